The molecule has 3 aliphatic heterocycles. The number of piperazine rings is 2. The van der Waals surface area contributed by atoms with E-state index in [1.54, 1.807) is 21.6 Å². The maximum Gasteiger partial charge on any atom is 0.248 e. The molecule has 4 rings (SSSR count). The quantitative estimate of drug-likeness (QED) is 0.805. The second-order valence-electron chi connectivity index (χ2n) is 6.23. The Balaban J connectivity index is 1.48. The molecule has 0 aliphatic carbocycles. The Bertz CT molecular complexity index is 639. The highest BCUT2D eigenvalue weighted by atomic mass is 35.5. The van der Waals surface area contributed by atoms with E-state index in [0.717, 1.165) is 23.9 Å². The Labute approximate surface area is 144 Å². The molecule has 0 unspecified atom stereocenters. The zero-order valence-electron chi connectivity index (χ0n) is 12.7. The molecule has 1 aromatic rings. The molecule has 0 bridgehead atoms. The molecule has 0 saturated carbocycles. The van der Waals surface area contributed by atoms with Crippen molar-refractivity contribution in [2.75, 3.05) is 31.3 Å². The maximum absolute atomic E-state index is 12.7. The van der Waals surface area contributed by atoms with Crippen molar-refractivity contribution >= 4 is 35.2 Å². The second-order valence-corrected chi connectivity index (χ2v) is 7.67. The number of amides is 2. The van der Waals surface area contributed by atoms with Crippen molar-refractivity contribution in [1.29, 1.82) is 0 Å². The summed E-state index contributed by atoms with van der Waals surface area (Å²) in [5.41, 5.74) is 1.17. The molecule has 1 aromatic carbocycles. The Morgan fingerprint density at radius 2 is 1.78 bits per heavy atom. The van der Waals surface area contributed by atoms with Crippen LogP contribution in [0, 0.1) is 0 Å². The summed E-state index contributed by atoms with van der Waals surface area (Å²) in [4.78, 5) is 31.1. The number of nitrogens with zero attached hydrogens (tertiary/aromatic N) is 3. The van der Waals surface area contributed by atoms with Gasteiger partial charge in [-0.15, -0.1) is 11.8 Å². The third-order valence-corrected chi connectivity index (χ3v) is 6.07. The summed E-state index contributed by atoms with van der Waals surface area (Å²) in [6.45, 7) is 2.83. The van der Waals surface area contributed by atoms with Gasteiger partial charge in [0.2, 0.25) is 11.8 Å². The summed E-state index contributed by atoms with van der Waals surface area (Å²) < 4.78 is 0. The number of fused-ring (bicyclic) bond motifs is 2. The largest absolute Gasteiger partial charge is 0.326 e. The minimum Gasteiger partial charge on any atom is -0.326 e. The van der Waals surface area contributed by atoms with Gasteiger partial charge in [0.15, 0.2) is 0 Å². The van der Waals surface area contributed by atoms with E-state index < -0.39 is 0 Å². The molecule has 7 heteroatoms. The molecule has 0 N–H and O–H groups in total. The van der Waals surface area contributed by atoms with Crippen LogP contribution >= 0.6 is 23.4 Å². The molecule has 3 fully saturated rings. The van der Waals surface area contributed by atoms with Gasteiger partial charge in [0, 0.05) is 37.0 Å². The van der Waals surface area contributed by atoms with E-state index in [1.165, 1.54) is 5.56 Å². The van der Waals surface area contributed by atoms with E-state index in [2.05, 4.69) is 4.90 Å². The number of halogens is 1. The first-order chi connectivity index (χ1) is 11.1. The summed E-state index contributed by atoms with van der Waals surface area (Å²) in [5, 5.41) is 0.726. The van der Waals surface area contributed by atoms with Gasteiger partial charge in [-0.1, -0.05) is 23.7 Å². The van der Waals surface area contributed by atoms with Gasteiger partial charge in [-0.3, -0.25) is 14.5 Å². The fourth-order valence-corrected chi connectivity index (χ4v) is 4.83. The molecule has 23 heavy (non-hydrogen) atoms. The Morgan fingerprint density at radius 1 is 1.04 bits per heavy atom. The average molecular weight is 352 g/mol. The first-order valence-electron chi connectivity index (χ1n) is 7.79. The van der Waals surface area contributed by atoms with Crippen LogP contribution < -0.4 is 0 Å². The summed E-state index contributed by atoms with van der Waals surface area (Å²) in [6, 6.07) is 7.24. The van der Waals surface area contributed by atoms with Gasteiger partial charge in [0.05, 0.1) is 5.88 Å². The minimum atomic E-state index is -0.321. The van der Waals surface area contributed by atoms with Gasteiger partial charge < -0.3 is 9.80 Å². The van der Waals surface area contributed by atoms with Crippen LogP contribution in [0.25, 0.3) is 0 Å². The molecular weight excluding hydrogens is 334 g/mol. The van der Waals surface area contributed by atoms with E-state index in [0.29, 0.717) is 19.0 Å². The number of carbonyl (C=O) groups excluding carboxylic acids is 2. The summed E-state index contributed by atoms with van der Waals surface area (Å²) in [5.74, 6) is 1.63. The molecule has 5 nitrogen and oxygen atoms in total. The monoisotopic (exact) mass is 351 g/mol. The normalized spacial score (nSPS) is 28.0. The van der Waals surface area contributed by atoms with Crippen LogP contribution in [0.3, 0.4) is 0 Å². The van der Waals surface area contributed by atoms with Crippen molar-refractivity contribution in [3.05, 3.63) is 34.9 Å². The Morgan fingerprint density at radius 3 is 2.57 bits per heavy atom. The van der Waals surface area contributed by atoms with Gasteiger partial charge >= 0.3 is 0 Å². The van der Waals surface area contributed by atoms with Gasteiger partial charge in [0.25, 0.3) is 0 Å². The first kappa shape index (κ1) is 15.3. The first-order valence-corrected chi connectivity index (χ1v) is 9.32. The van der Waals surface area contributed by atoms with E-state index in [-0.39, 0.29) is 23.9 Å². The third kappa shape index (κ3) is 2.73. The second kappa shape index (κ2) is 6.00. The molecule has 3 heterocycles. The standard InChI is InChI=1S/C16H18ClN3O2S/c17-12-3-1-11(2-4-12)7-18-5-6-19-13(8-18)15(21)20-10-23-9-14(20)16(19)22/h1-4,13-14H,5-10H2/t13-,14+/m1/s1. The van der Waals surface area contributed by atoms with Crippen LogP contribution in [-0.4, -0.2) is 69.9 Å². The lowest BCUT2D eigenvalue weighted by Crippen LogP contribution is -2.69. The Hall–Kier alpha value is -1.24. The highest BCUT2D eigenvalue weighted by Gasteiger charge is 2.49. The molecule has 2 amide bonds. The van der Waals surface area contributed by atoms with Crippen LogP contribution in [0.1, 0.15) is 5.56 Å². The van der Waals surface area contributed by atoms with Crippen molar-refractivity contribution in [2.45, 2.75) is 18.6 Å². The average Bonchev–Trinajstić information content (AvgIpc) is 3.05. The van der Waals surface area contributed by atoms with E-state index in [4.69, 9.17) is 11.6 Å². The number of carbonyl (C=O) groups is 2. The smallest absolute Gasteiger partial charge is 0.248 e. The molecule has 0 radical (unpaired) electrons. The van der Waals surface area contributed by atoms with Gasteiger partial charge in [-0.25, -0.2) is 0 Å². The lowest BCUT2D eigenvalue weighted by atomic mass is 10.0. The van der Waals surface area contributed by atoms with E-state index in [1.807, 2.05) is 24.3 Å². The predicted octanol–water partition coefficient (Wildman–Crippen LogP) is 1.27. The number of rotatable bonds is 2. The topological polar surface area (TPSA) is 43.9 Å². The summed E-state index contributed by atoms with van der Waals surface area (Å²) in [7, 11) is 0. The van der Waals surface area contributed by atoms with Gasteiger partial charge in [-0.05, 0) is 17.7 Å². The van der Waals surface area contributed by atoms with Crippen molar-refractivity contribution in [2.24, 2.45) is 0 Å². The van der Waals surface area contributed by atoms with E-state index >= 15 is 0 Å². The lowest BCUT2D eigenvalue weighted by Gasteiger charge is -2.47. The zero-order valence-corrected chi connectivity index (χ0v) is 14.2. The molecule has 122 valence electrons. The fraction of sp³-hybridized carbons (Fsp3) is 0.500. The van der Waals surface area contributed by atoms with Crippen LogP contribution in [-0.2, 0) is 16.1 Å². The number of hydrogen-bond acceptors (Lipinski definition) is 4. The summed E-state index contributed by atoms with van der Waals surface area (Å²) in [6.07, 6.45) is 0. The van der Waals surface area contributed by atoms with Gasteiger partial charge in [0.1, 0.15) is 12.1 Å². The van der Waals surface area contributed by atoms with Crippen molar-refractivity contribution in [1.82, 2.24) is 14.7 Å². The van der Waals surface area contributed by atoms with Crippen molar-refractivity contribution < 1.29 is 9.59 Å². The molecule has 2 atom stereocenters. The molecule has 3 aliphatic rings. The molecule has 3 saturated heterocycles. The SMILES string of the molecule is O=C1[C@@H]2CSCN2C(=O)[C@H]2CN(Cc3ccc(Cl)cc3)CCN12. The predicted molar refractivity (Wildman–Crippen MR) is 90.2 cm³/mol. The van der Waals surface area contributed by atoms with Crippen LogP contribution in [0.2, 0.25) is 5.02 Å². The number of benzene rings is 1. The maximum atomic E-state index is 12.7. The fourth-order valence-electron chi connectivity index (χ4n) is 3.55. The number of hydrogen-bond donors (Lipinski definition) is 0. The minimum absolute atomic E-state index is 0.111. The molecule has 0 aromatic heterocycles. The van der Waals surface area contributed by atoms with Crippen LogP contribution in [0.15, 0.2) is 24.3 Å². The highest BCUT2D eigenvalue weighted by Crippen LogP contribution is 2.30. The van der Waals surface area contributed by atoms with Crippen molar-refractivity contribution in [3.8, 4) is 0 Å². The van der Waals surface area contributed by atoms with Gasteiger partial charge in [-0.2, -0.15) is 0 Å². The molecule has 0 spiro atoms. The summed E-state index contributed by atoms with van der Waals surface area (Å²) >= 11 is 7.59. The lowest BCUT2D eigenvalue weighted by molar-refractivity contribution is -0.162. The highest BCUT2D eigenvalue weighted by molar-refractivity contribution is 7.99. The van der Waals surface area contributed by atoms with Crippen LogP contribution in [0.5, 0.6) is 0 Å². The van der Waals surface area contributed by atoms with E-state index in [9.17, 15) is 9.59 Å². The third-order valence-electron chi connectivity index (χ3n) is 4.80. The zero-order chi connectivity index (χ0) is 16.0. The molecular formula is C16H18ClN3O2S. The van der Waals surface area contributed by atoms with Crippen molar-refractivity contribution in [3.63, 3.8) is 0 Å². The van der Waals surface area contributed by atoms with Crippen LogP contribution in [0.4, 0.5) is 0 Å². The number of thioether (sulfide) groups is 1. The Kier molecular flexibility index (Phi) is 3.99.